The summed E-state index contributed by atoms with van der Waals surface area (Å²) in [5.41, 5.74) is 3.75. The van der Waals surface area contributed by atoms with Crippen molar-refractivity contribution in [3.8, 4) is 17.0 Å². The third-order valence-corrected chi connectivity index (χ3v) is 6.56. The average Bonchev–Trinajstić information content (AvgIpc) is 3.12. The highest BCUT2D eigenvalue weighted by Gasteiger charge is 2.33. The van der Waals surface area contributed by atoms with Crippen LogP contribution in [0.4, 0.5) is 0 Å². The number of ether oxygens (including phenoxy) is 1. The van der Waals surface area contributed by atoms with E-state index in [-0.39, 0.29) is 5.91 Å². The second-order valence-corrected chi connectivity index (χ2v) is 8.39. The van der Waals surface area contributed by atoms with Crippen LogP contribution in [0.25, 0.3) is 11.3 Å². The Kier molecular flexibility index (Phi) is 6.19. The summed E-state index contributed by atoms with van der Waals surface area (Å²) in [4.78, 5) is 15.4. The summed E-state index contributed by atoms with van der Waals surface area (Å²) in [6.07, 6.45) is 6.76. The number of amides is 1. The lowest BCUT2D eigenvalue weighted by molar-refractivity contribution is -0.120. The quantitative estimate of drug-likeness (QED) is 0.786. The van der Waals surface area contributed by atoms with Gasteiger partial charge in [-0.25, -0.2) is 0 Å². The Labute approximate surface area is 173 Å². The predicted octanol–water partition coefficient (Wildman–Crippen LogP) is 3.32. The normalized spacial score (nSPS) is 22.1. The molecule has 29 heavy (non-hydrogen) atoms. The number of aryl methyl sites for hydroxylation is 1. The Bertz CT molecular complexity index is 828. The molecular formula is C23H32N4O2. The summed E-state index contributed by atoms with van der Waals surface area (Å²) in [5, 5.41) is 10.7. The van der Waals surface area contributed by atoms with Crippen LogP contribution in [-0.2, 0) is 11.2 Å². The molecule has 0 aliphatic carbocycles. The zero-order valence-electron chi connectivity index (χ0n) is 17.5. The molecule has 0 spiro atoms. The monoisotopic (exact) mass is 396 g/mol. The topological polar surface area (TPSA) is 70.2 Å². The molecule has 156 valence electrons. The van der Waals surface area contributed by atoms with E-state index in [1.54, 1.807) is 7.11 Å². The molecule has 1 amide bonds. The third-order valence-electron chi connectivity index (χ3n) is 6.56. The Hall–Kier alpha value is -2.34. The fourth-order valence-electron chi connectivity index (χ4n) is 4.94. The van der Waals surface area contributed by atoms with Gasteiger partial charge in [0.05, 0.1) is 19.2 Å². The second kappa shape index (κ2) is 8.99. The molecule has 0 unspecified atom stereocenters. The van der Waals surface area contributed by atoms with Gasteiger partial charge in [0.2, 0.25) is 5.91 Å². The molecule has 0 saturated carbocycles. The summed E-state index contributed by atoms with van der Waals surface area (Å²) in [6, 6.07) is 8.46. The van der Waals surface area contributed by atoms with Crippen LogP contribution in [0.1, 0.15) is 43.4 Å². The van der Waals surface area contributed by atoms with Crippen molar-refractivity contribution in [2.45, 2.75) is 51.5 Å². The Morgan fingerprint density at radius 2 is 2.00 bits per heavy atom. The molecule has 2 saturated heterocycles. The number of aromatic nitrogens is 2. The SMILES string of the molecule is COc1ccc(-c2n[nH]c(C)c2CC(=O)NC[C@H]2CCCN3CCCC[C@H]23)cc1. The minimum absolute atomic E-state index is 0.0807. The van der Waals surface area contributed by atoms with Gasteiger partial charge in [-0.05, 0) is 75.9 Å². The van der Waals surface area contributed by atoms with Gasteiger partial charge in [-0.3, -0.25) is 9.89 Å². The van der Waals surface area contributed by atoms with Crippen molar-refractivity contribution in [3.05, 3.63) is 35.5 Å². The van der Waals surface area contributed by atoms with E-state index in [1.165, 1.54) is 45.2 Å². The molecule has 2 aliphatic rings. The van der Waals surface area contributed by atoms with Crippen molar-refractivity contribution in [1.29, 1.82) is 0 Å². The lowest BCUT2D eigenvalue weighted by Gasteiger charge is -2.44. The third kappa shape index (κ3) is 4.47. The van der Waals surface area contributed by atoms with E-state index in [2.05, 4.69) is 20.4 Å². The molecule has 6 heteroatoms. The number of carbonyl (C=O) groups is 1. The van der Waals surface area contributed by atoms with Crippen LogP contribution in [0.2, 0.25) is 0 Å². The summed E-state index contributed by atoms with van der Waals surface area (Å²) in [6.45, 7) is 5.22. The van der Waals surface area contributed by atoms with Gasteiger partial charge in [0.15, 0.2) is 0 Å². The number of nitrogens with one attached hydrogen (secondary N) is 2. The summed E-state index contributed by atoms with van der Waals surface area (Å²) >= 11 is 0. The Morgan fingerprint density at radius 3 is 2.79 bits per heavy atom. The molecule has 1 aromatic heterocycles. The van der Waals surface area contributed by atoms with Crippen LogP contribution in [0, 0.1) is 12.8 Å². The largest absolute Gasteiger partial charge is 0.497 e. The first kappa shape index (κ1) is 20.0. The van der Waals surface area contributed by atoms with Crippen LogP contribution in [0.3, 0.4) is 0 Å². The predicted molar refractivity (Wildman–Crippen MR) is 114 cm³/mol. The molecule has 2 atom stereocenters. The van der Waals surface area contributed by atoms with Gasteiger partial charge in [-0.1, -0.05) is 6.42 Å². The number of carbonyl (C=O) groups excluding carboxylic acids is 1. The zero-order chi connectivity index (χ0) is 20.2. The van der Waals surface area contributed by atoms with Gasteiger partial charge < -0.3 is 15.0 Å². The van der Waals surface area contributed by atoms with Crippen LogP contribution in [-0.4, -0.2) is 53.8 Å². The summed E-state index contributed by atoms with van der Waals surface area (Å²) < 4.78 is 5.24. The maximum absolute atomic E-state index is 12.8. The number of hydrogen-bond donors (Lipinski definition) is 2. The van der Waals surface area contributed by atoms with Crippen molar-refractivity contribution in [1.82, 2.24) is 20.4 Å². The molecule has 3 heterocycles. The molecule has 2 fully saturated rings. The lowest BCUT2D eigenvalue weighted by atomic mass is 9.83. The van der Waals surface area contributed by atoms with E-state index in [4.69, 9.17) is 4.74 Å². The number of benzene rings is 1. The molecule has 6 nitrogen and oxygen atoms in total. The first-order chi connectivity index (χ1) is 14.2. The molecule has 0 bridgehead atoms. The molecule has 4 rings (SSSR count). The van der Waals surface area contributed by atoms with Crippen molar-refractivity contribution >= 4 is 5.91 Å². The number of fused-ring (bicyclic) bond motifs is 1. The van der Waals surface area contributed by atoms with E-state index in [1.807, 2.05) is 31.2 Å². The molecule has 0 radical (unpaired) electrons. The van der Waals surface area contributed by atoms with Crippen LogP contribution < -0.4 is 10.1 Å². The van der Waals surface area contributed by atoms with E-state index < -0.39 is 0 Å². The number of aromatic amines is 1. The van der Waals surface area contributed by atoms with Gasteiger partial charge in [-0.15, -0.1) is 0 Å². The van der Waals surface area contributed by atoms with Crippen molar-refractivity contribution < 1.29 is 9.53 Å². The Morgan fingerprint density at radius 1 is 1.21 bits per heavy atom. The summed E-state index contributed by atoms with van der Waals surface area (Å²) in [7, 11) is 1.66. The highest BCUT2D eigenvalue weighted by Crippen LogP contribution is 2.30. The standard InChI is InChI=1S/C23H32N4O2/c1-16-20(23(26-25-16)17-8-10-19(29-2)11-9-17)14-22(28)24-15-18-6-5-13-27-12-4-3-7-21(18)27/h8-11,18,21H,3-7,12-15H2,1-2H3,(H,24,28)(H,25,26)/t18-,21-/m1/s1. The number of piperidine rings is 2. The van der Waals surface area contributed by atoms with Gasteiger partial charge >= 0.3 is 0 Å². The highest BCUT2D eigenvalue weighted by molar-refractivity contribution is 5.81. The van der Waals surface area contributed by atoms with Crippen molar-refractivity contribution in [2.75, 3.05) is 26.7 Å². The zero-order valence-corrected chi connectivity index (χ0v) is 17.5. The number of methoxy groups -OCH3 is 1. The first-order valence-electron chi connectivity index (χ1n) is 10.8. The smallest absolute Gasteiger partial charge is 0.224 e. The van der Waals surface area contributed by atoms with Gasteiger partial charge in [-0.2, -0.15) is 5.10 Å². The molecule has 1 aromatic carbocycles. The van der Waals surface area contributed by atoms with E-state index >= 15 is 0 Å². The number of hydrogen-bond acceptors (Lipinski definition) is 4. The lowest BCUT2D eigenvalue weighted by Crippen LogP contribution is -2.51. The van der Waals surface area contributed by atoms with Crippen molar-refractivity contribution in [3.63, 3.8) is 0 Å². The number of rotatable bonds is 6. The van der Waals surface area contributed by atoms with Crippen LogP contribution in [0.5, 0.6) is 5.75 Å². The van der Waals surface area contributed by atoms with Crippen LogP contribution >= 0.6 is 0 Å². The van der Waals surface area contributed by atoms with E-state index in [9.17, 15) is 4.79 Å². The molecular weight excluding hydrogens is 364 g/mol. The maximum atomic E-state index is 12.8. The minimum Gasteiger partial charge on any atom is -0.497 e. The van der Waals surface area contributed by atoms with E-state index in [0.717, 1.165) is 34.8 Å². The van der Waals surface area contributed by atoms with E-state index in [0.29, 0.717) is 18.4 Å². The van der Waals surface area contributed by atoms with Crippen molar-refractivity contribution in [2.24, 2.45) is 5.92 Å². The first-order valence-corrected chi connectivity index (χ1v) is 10.8. The van der Waals surface area contributed by atoms with Gasteiger partial charge in [0.25, 0.3) is 0 Å². The number of nitrogens with zero attached hydrogens (tertiary/aromatic N) is 2. The average molecular weight is 397 g/mol. The van der Waals surface area contributed by atoms with Gasteiger partial charge in [0.1, 0.15) is 5.75 Å². The fraction of sp³-hybridized carbons (Fsp3) is 0.565. The second-order valence-electron chi connectivity index (χ2n) is 8.39. The highest BCUT2D eigenvalue weighted by atomic mass is 16.5. The minimum atomic E-state index is 0.0807. The van der Waals surface area contributed by atoms with Crippen LogP contribution in [0.15, 0.2) is 24.3 Å². The molecule has 2 aromatic rings. The molecule has 2 aliphatic heterocycles. The Balaban J connectivity index is 1.39. The van der Waals surface area contributed by atoms with Gasteiger partial charge in [0, 0.05) is 29.4 Å². The maximum Gasteiger partial charge on any atom is 0.224 e. The summed E-state index contributed by atoms with van der Waals surface area (Å²) in [5.74, 6) is 1.47. The number of H-pyrrole nitrogens is 1. The fourth-order valence-corrected chi connectivity index (χ4v) is 4.94. The molecule has 2 N–H and O–H groups in total.